The number of halogens is 3. The van der Waals surface area contributed by atoms with E-state index in [1.165, 1.54) is 27.5 Å². The number of rotatable bonds is 3. The molecule has 1 aromatic heterocycles. The van der Waals surface area contributed by atoms with Gasteiger partial charge in [0.15, 0.2) is 5.03 Å². The summed E-state index contributed by atoms with van der Waals surface area (Å²) in [5.41, 5.74) is -0.968. The summed E-state index contributed by atoms with van der Waals surface area (Å²) in [6.07, 6.45) is -2.74. The lowest BCUT2D eigenvalue weighted by atomic mass is 10.1. The van der Waals surface area contributed by atoms with Crippen LogP contribution in [-0.4, -0.2) is 59.3 Å². The van der Waals surface area contributed by atoms with E-state index in [1.807, 2.05) is 0 Å². The number of imidazole rings is 1. The van der Waals surface area contributed by atoms with E-state index in [9.17, 15) is 26.4 Å². The molecule has 0 bridgehead atoms. The molecule has 0 saturated carbocycles. The van der Waals surface area contributed by atoms with E-state index >= 15 is 0 Å². The van der Waals surface area contributed by atoms with Crippen molar-refractivity contribution in [2.75, 3.05) is 26.2 Å². The molecular formula is C18H21F3N4O3S. The van der Waals surface area contributed by atoms with Crippen molar-refractivity contribution in [1.82, 2.24) is 18.8 Å². The molecule has 0 N–H and O–H groups in total. The lowest BCUT2D eigenvalue weighted by molar-refractivity contribution is -0.137. The summed E-state index contributed by atoms with van der Waals surface area (Å²) in [5.74, 6) is 0.00350. The van der Waals surface area contributed by atoms with Gasteiger partial charge in [0.25, 0.3) is 15.9 Å². The molecule has 29 heavy (non-hydrogen) atoms. The minimum Gasteiger partial charge on any atom is -0.337 e. The van der Waals surface area contributed by atoms with Gasteiger partial charge >= 0.3 is 6.18 Å². The van der Waals surface area contributed by atoms with Crippen LogP contribution in [0.5, 0.6) is 0 Å². The quantitative estimate of drug-likeness (QED) is 0.749. The normalized spacial score (nSPS) is 16.7. The Labute approximate surface area is 166 Å². The van der Waals surface area contributed by atoms with Crippen LogP contribution in [0.25, 0.3) is 0 Å². The Morgan fingerprint density at radius 2 is 1.86 bits per heavy atom. The first kappa shape index (κ1) is 21.3. The van der Waals surface area contributed by atoms with Crippen molar-refractivity contribution >= 4 is 15.9 Å². The summed E-state index contributed by atoms with van der Waals surface area (Å²) in [5, 5.41) is -0.0600. The molecule has 11 heteroatoms. The number of carbonyl (C=O) groups excluding carboxylic acids is 1. The van der Waals surface area contributed by atoms with E-state index < -0.39 is 27.7 Å². The van der Waals surface area contributed by atoms with Gasteiger partial charge < -0.3 is 9.47 Å². The molecule has 0 spiro atoms. The maximum atomic E-state index is 12.9. The molecule has 1 aliphatic rings. The molecule has 1 fully saturated rings. The third-order valence-corrected chi connectivity index (χ3v) is 6.64. The average Bonchev–Trinajstić information content (AvgIpc) is 2.86. The Bertz CT molecular complexity index is 998. The smallest absolute Gasteiger partial charge is 0.337 e. The second kappa shape index (κ2) is 7.79. The van der Waals surface area contributed by atoms with Gasteiger partial charge in [-0.3, -0.25) is 4.79 Å². The zero-order valence-corrected chi connectivity index (χ0v) is 16.8. The Hall–Kier alpha value is -2.40. The van der Waals surface area contributed by atoms with Crippen LogP contribution in [0.15, 0.2) is 35.5 Å². The summed E-state index contributed by atoms with van der Waals surface area (Å²) < 4.78 is 67.2. The molecule has 2 aromatic rings. The maximum Gasteiger partial charge on any atom is 0.416 e. The van der Waals surface area contributed by atoms with Gasteiger partial charge in [-0.25, -0.2) is 13.4 Å². The molecule has 0 radical (unpaired) electrons. The van der Waals surface area contributed by atoms with Gasteiger partial charge in [0.2, 0.25) is 0 Å². The highest BCUT2D eigenvalue weighted by atomic mass is 32.2. The number of sulfonamides is 1. The van der Waals surface area contributed by atoms with Crippen molar-refractivity contribution in [3.63, 3.8) is 0 Å². The minimum atomic E-state index is -4.54. The van der Waals surface area contributed by atoms with Crippen LogP contribution < -0.4 is 0 Å². The van der Waals surface area contributed by atoms with Gasteiger partial charge in [-0.05, 0) is 31.5 Å². The number of aryl methyl sites for hydroxylation is 2. The zero-order chi connectivity index (χ0) is 21.4. The second-order valence-corrected chi connectivity index (χ2v) is 8.75. The van der Waals surface area contributed by atoms with Crippen LogP contribution in [0.2, 0.25) is 0 Å². The van der Waals surface area contributed by atoms with Crippen molar-refractivity contribution in [2.45, 2.75) is 24.5 Å². The topological polar surface area (TPSA) is 75.5 Å². The molecule has 1 saturated heterocycles. The maximum absolute atomic E-state index is 12.9. The third-order valence-electron chi connectivity index (χ3n) is 4.87. The molecule has 3 rings (SSSR count). The average molecular weight is 430 g/mol. The molecular weight excluding hydrogens is 409 g/mol. The van der Waals surface area contributed by atoms with E-state index in [1.54, 1.807) is 18.5 Å². The standard InChI is InChI=1S/C18H21F3N4O3S/c1-13-22-16(12-23(13)2)29(27,28)25-8-4-7-24(9-10-25)17(26)14-5-3-6-15(11-14)18(19,20)21/h3,5-6,11-12H,4,7-10H2,1-2H3. The SMILES string of the molecule is Cc1nc(S(=O)(=O)N2CCCN(C(=O)c3cccc(C(F)(F)F)c3)CC2)cn1C. The second-order valence-electron chi connectivity index (χ2n) is 6.87. The van der Waals surface area contributed by atoms with Crippen LogP contribution in [0.3, 0.4) is 0 Å². The molecule has 158 valence electrons. The lowest BCUT2D eigenvalue weighted by Crippen LogP contribution is -2.37. The molecule has 2 heterocycles. The monoisotopic (exact) mass is 430 g/mol. The number of aromatic nitrogens is 2. The first-order valence-corrected chi connectivity index (χ1v) is 10.4. The molecule has 7 nitrogen and oxygen atoms in total. The van der Waals surface area contributed by atoms with Gasteiger partial charge in [0, 0.05) is 45.0 Å². The van der Waals surface area contributed by atoms with E-state index in [0.717, 1.165) is 12.1 Å². The summed E-state index contributed by atoms with van der Waals surface area (Å²) in [6, 6.07) is 4.24. The van der Waals surface area contributed by atoms with Crippen molar-refractivity contribution in [3.8, 4) is 0 Å². The summed E-state index contributed by atoms with van der Waals surface area (Å²) in [4.78, 5) is 18.1. The fraction of sp³-hybridized carbons (Fsp3) is 0.444. The summed E-state index contributed by atoms with van der Waals surface area (Å²) in [7, 11) is -2.12. The number of carbonyl (C=O) groups is 1. The van der Waals surface area contributed by atoms with Gasteiger partial charge in [-0.2, -0.15) is 17.5 Å². The molecule has 1 amide bonds. The summed E-state index contributed by atoms with van der Waals surface area (Å²) >= 11 is 0. The molecule has 0 atom stereocenters. The van der Waals surface area contributed by atoms with Gasteiger partial charge in [0.1, 0.15) is 5.82 Å². The highest BCUT2D eigenvalue weighted by Gasteiger charge is 2.33. The fourth-order valence-corrected chi connectivity index (χ4v) is 4.63. The van der Waals surface area contributed by atoms with E-state index in [-0.39, 0.29) is 36.8 Å². The number of nitrogens with zero attached hydrogens (tertiary/aromatic N) is 4. The van der Waals surface area contributed by atoms with Crippen LogP contribution in [0, 0.1) is 6.92 Å². The van der Waals surface area contributed by atoms with Crippen LogP contribution in [0.1, 0.15) is 28.2 Å². The molecule has 1 aromatic carbocycles. The lowest BCUT2D eigenvalue weighted by Gasteiger charge is -2.22. The zero-order valence-electron chi connectivity index (χ0n) is 16.0. The number of benzene rings is 1. The molecule has 0 aliphatic carbocycles. The van der Waals surface area contributed by atoms with Crippen LogP contribution in [-0.2, 0) is 23.2 Å². The van der Waals surface area contributed by atoms with E-state index in [0.29, 0.717) is 12.2 Å². The Kier molecular flexibility index (Phi) is 5.72. The third kappa shape index (κ3) is 4.45. The predicted octanol–water partition coefficient (Wildman–Crippen LogP) is 2.28. The fourth-order valence-electron chi connectivity index (χ4n) is 3.13. The highest BCUT2D eigenvalue weighted by molar-refractivity contribution is 7.89. The van der Waals surface area contributed by atoms with Crippen molar-refractivity contribution in [3.05, 3.63) is 47.4 Å². The summed E-state index contributed by atoms with van der Waals surface area (Å²) in [6.45, 7) is 2.27. The van der Waals surface area contributed by atoms with E-state index in [2.05, 4.69) is 4.98 Å². The Morgan fingerprint density at radius 1 is 1.14 bits per heavy atom. The number of amides is 1. The molecule has 1 aliphatic heterocycles. The van der Waals surface area contributed by atoms with Crippen LogP contribution >= 0.6 is 0 Å². The Morgan fingerprint density at radius 3 is 2.48 bits per heavy atom. The van der Waals surface area contributed by atoms with Crippen molar-refractivity contribution in [1.29, 1.82) is 0 Å². The predicted molar refractivity (Wildman–Crippen MR) is 98.7 cm³/mol. The van der Waals surface area contributed by atoms with Gasteiger partial charge in [-0.15, -0.1) is 0 Å². The number of hydrogen-bond donors (Lipinski definition) is 0. The van der Waals surface area contributed by atoms with Gasteiger partial charge in [-0.1, -0.05) is 6.07 Å². The largest absolute Gasteiger partial charge is 0.416 e. The van der Waals surface area contributed by atoms with Crippen molar-refractivity contribution in [2.24, 2.45) is 7.05 Å². The molecule has 0 unspecified atom stereocenters. The first-order valence-electron chi connectivity index (χ1n) is 8.97. The van der Waals surface area contributed by atoms with E-state index in [4.69, 9.17) is 0 Å². The Balaban J connectivity index is 1.75. The first-order chi connectivity index (χ1) is 13.5. The van der Waals surface area contributed by atoms with Crippen molar-refractivity contribution < 1.29 is 26.4 Å². The van der Waals surface area contributed by atoms with Crippen LogP contribution in [0.4, 0.5) is 13.2 Å². The number of alkyl halides is 3. The minimum absolute atomic E-state index is 0.0443. The highest BCUT2D eigenvalue weighted by Crippen LogP contribution is 2.30. The van der Waals surface area contributed by atoms with Gasteiger partial charge in [0.05, 0.1) is 5.56 Å². The number of hydrogen-bond acceptors (Lipinski definition) is 4.